The van der Waals surface area contributed by atoms with Crippen molar-refractivity contribution >= 4 is 42.3 Å². The lowest BCUT2D eigenvalue weighted by molar-refractivity contribution is 0.417. The van der Waals surface area contributed by atoms with Crippen LogP contribution >= 0.6 is 11.3 Å². The SMILES string of the molecule is COc1ccc2[nH]c(=O)c3sccc3c2c1-c1ccc(S(=O)(=O)NC2CC2)cc1. The molecule has 5 rings (SSSR count). The minimum atomic E-state index is -3.51. The van der Waals surface area contributed by atoms with Gasteiger partial charge in [0, 0.05) is 27.9 Å². The Morgan fingerprint density at radius 3 is 2.55 bits per heavy atom. The summed E-state index contributed by atoms with van der Waals surface area (Å²) in [4.78, 5) is 15.5. The number of fused-ring (bicyclic) bond motifs is 3. The van der Waals surface area contributed by atoms with Crippen LogP contribution in [-0.4, -0.2) is 26.6 Å². The van der Waals surface area contributed by atoms with E-state index in [0.717, 1.165) is 34.7 Å². The lowest BCUT2D eigenvalue weighted by Crippen LogP contribution is -2.25. The fourth-order valence-electron chi connectivity index (χ4n) is 3.57. The average molecular weight is 427 g/mol. The topological polar surface area (TPSA) is 88.3 Å². The van der Waals surface area contributed by atoms with E-state index in [0.29, 0.717) is 16.0 Å². The molecule has 1 aliphatic rings. The Labute approximate surface area is 171 Å². The number of nitrogens with one attached hydrogen (secondary N) is 2. The molecule has 8 heteroatoms. The highest BCUT2D eigenvalue weighted by Gasteiger charge is 2.28. The summed E-state index contributed by atoms with van der Waals surface area (Å²) in [6.07, 6.45) is 1.78. The van der Waals surface area contributed by atoms with Crippen LogP contribution in [0.15, 0.2) is 57.5 Å². The summed E-state index contributed by atoms with van der Waals surface area (Å²) in [6, 6.07) is 12.4. The number of ether oxygens (including phenoxy) is 1. The largest absolute Gasteiger partial charge is 0.496 e. The maximum atomic E-state index is 12.5. The summed E-state index contributed by atoms with van der Waals surface area (Å²) in [7, 11) is -1.92. The van der Waals surface area contributed by atoms with E-state index >= 15 is 0 Å². The molecule has 2 aromatic carbocycles. The average Bonchev–Trinajstić information content (AvgIpc) is 3.37. The molecule has 0 bridgehead atoms. The van der Waals surface area contributed by atoms with E-state index < -0.39 is 10.0 Å². The van der Waals surface area contributed by atoms with Crippen LogP contribution in [0.2, 0.25) is 0 Å². The van der Waals surface area contributed by atoms with E-state index in [1.54, 1.807) is 31.4 Å². The highest BCUT2D eigenvalue weighted by Crippen LogP contribution is 2.40. The van der Waals surface area contributed by atoms with Crippen molar-refractivity contribution in [2.75, 3.05) is 7.11 Å². The van der Waals surface area contributed by atoms with Crippen molar-refractivity contribution in [3.63, 3.8) is 0 Å². The van der Waals surface area contributed by atoms with Crippen molar-refractivity contribution in [1.29, 1.82) is 0 Å². The molecule has 0 atom stereocenters. The first-order chi connectivity index (χ1) is 14.0. The van der Waals surface area contributed by atoms with Gasteiger partial charge in [-0.1, -0.05) is 12.1 Å². The first-order valence-electron chi connectivity index (χ1n) is 9.21. The van der Waals surface area contributed by atoms with Crippen molar-refractivity contribution in [3.8, 4) is 16.9 Å². The zero-order valence-corrected chi connectivity index (χ0v) is 17.2. The number of hydrogen-bond donors (Lipinski definition) is 2. The highest BCUT2D eigenvalue weighted by molar-refractivity contribution is 7.89. The van der Waals surface area contributed by atoms with Gasteiger partial charge in [0.25, 0.3) is 5.56 Å². The molecular weight excluding hydrogens is 408 g/mol. The first kappa shape index (κ1) is 18.4. The minimum absolute atomic E-state index is 0.0570. The van der Waals surface area contributed by atoms with Crippen molar-refractivity contribution < 1.29 is 13.2 Å². The van der Waals surface area contributed by atoms with Gasteiger partial charge in [0.15, 0.2) is 0 Å². The molecule has 148 valence electrons. The summed E-state index contributed by atoms with van der Waals surface area (Å²) < 4.78 is 33.9. The summed E-state index contributed by atoms with van der Waals surface area (Å²) >= 11 is 1.39. The number of thiophene rings is 1. The van der Waals surface area contributed by atoms with E-state index in [9.17, 15) is 13.2 Å². The molecule has 1 saturated carbocycles. The van der Waals surface area contributed by atoms with Crippen LogP contribution in [0.1, 0.15) is 12.8 Å². The van der Waals surface area contributed by atoms with Crippen LogP contribution in [0.3, 0.4) is 0 Å². The molecule has 2 aromatic heterocycles. The predicted molar refractivity (Wildman–Crippen MR) is 115 cm³/mol. The predicted octanol–water partition coefficient (Wildman–Crippen LogP) is 3.86. The molecule has 2 N–H and O–H groups in total. The Kier molecular flexibility index (Phi) is 4.23. The van der Waals surface area contributed by atoms with Gasteiger partial charge >= 0.3 is 0 Å². The van der Waals surface area contributed by atoms with E-state index in [1.165, 1.54) is 11.3 Å². The second-order valence-corrected chi connectivity index (χ2v) is 9.73. The molecule has 2 heterocycles. The first-order valence-corrected chi connectivity index (χ1v) is 11.6. The van der Waals surface area contributed by atoms with Crippen LogP contribution in [0.4, 0.5) is 0 Å². The van der Waals surface area contributed by atoms with E-state index in [-0.39, 0.29) is 16.5 Å². The Morgan fingerprint density at radius 1 is 1.10 bits per heavy atom. The maximum absolute atomic E-state index is 12.5. The molecule has 29 heavy (non-hydrogen) atoms. The smallest absolute Gasteiger partial charge is 0.266 e. The van der Waals surface area contributed by atoms with Crippen LogP contribution in [0, 0.1) is 0 Å². The van der Waals surface area contributed by atoms with Crippen LogP contribution in [0.25, 0.3) is 32.1 Å². The third-order valence-electron chi connectivity index (χ3n) is 5.13. The third kappa shape index (κ3) is 3.13. The molecule has 1 fully saturated rings. The van der Waals surface area contributed by atoms with Crippen molar-refractivity contribution in [3.05, 3.63) is 58.2 Å². The fraction of sp³-hybridized carbons (Fsp3) is 0.190. The number of aromatic amines is 1. The van der Waals surface area contributed by atoms with Crippen LogP contribution < -0.4 is 15.0 Å². The van der Waals surface area contributed by atoms with Crippen LogP contribution in [-0.2, 0) is 10.0 Å². The van der Waals surface area contributed by atoms with Gasteiger partial charge in [-0.2, -0.15) is 0 Å². The van der Waals surface area contributed by atoms with Gasteiger partial charge in [-0.05, 0) is 54.1 Å². The molecule has 0 saturated heterocycles. The van der Waals surface area contributed by atoms with Crippen LogP contribution in [0.5, 0.6) is 5.75 Å². The van der Waals surface area contributed by atoms with Gasteiger partial charge < -0.3 is 9.72 Å². The number of H-pyrrole nitrogens is 1. The lowest BCUT2D eigenvalue weighted by atomic mass is 9.97. The summed E-state index contributed by atoms with van der Waals surface area (Å²) in [5.74, 6) is 0.656. The monoisotopic (exact) mass is 426 g/mol. The quantitative estimate of drug-likeness (QED) is 0.507. The third-order valence-corrected chi connectivity index (χ3v) is 7.58. The van der Waals surface area contributed by atoms with Gasteiger partial charge in [-0.3, -0.25) is 4.79 Å². The Balaban J connectivity index is 1.71. The zero-order chi connectivity index (χ0) is 20.2. The van der Waals surface area contributed by atoms with E-state index in [1.807, 2.05) is 23.6 Å². The fourth-order valence-corrected chi connectivity index (χ4v) is 5.67. The molecule has 4 aromatic rings. The van der Waals surface area contributed by atoms with Crippen molar-refractivity contribution in [2.45, 2.75) is 23.8 Å². The number of aromatic nitrogens is 1. The second kappa shape index (κ2) is 6.69. The van der Waals surface area contributed by atoms with Gasteiger partial charge in [0.1, 0.15) is 10.4 Å². The Morgan fingerprint density at radius 2 is 1.86 bits per heavy atom. The molecule has 6 nitrogen and oxygen atoms in total. The second-order valence-electron chi connectivity index (χ2n) is 7.10. The van der Waals surface area contributed by atoms with Crippen molar-refractivity contribution in [2.24, 2.45) is 0 Å². The number of methoxy groups -OCH3 is 1. The summed E-state index contributed by atoms with van der Waals surface area (Å²) in [5.41, 5.74) is 2.23. The molecule has 0 spiro atoms. The summed E-state index contributed by atoms with van der Waals surface area (Å²) in [5, 5.41) is 3.63. The number of pyridine rings is 1. The van der Waals surface area contributed by atoms with Gasteiger partial charge in [-0.25, -0.2) is 13.1 Å². The van der Waals surface area contributed by atoms with Gasteiger partial charge in [0.2, 0.25) is 10.0 Å². The van der Waals surface area contributed by atoms with Gasteiger partial charge in [-0.15, -0.1) is 11.3 Å². The molecule has 0 unspecified atom stereocenters. The molecule has 0 aliphatic heterocycles. The lowest BCUT2D eigenvalue weighted by Gasteiger charge is -2.14. The molecular formula is C21H18N2O4S2. The minimum Gasteiger partial charge on any atom is -0.496 e. The summed E-state index contributed by atoms with van der Waals surface area (Å²) in [6.45, 7) is 0. The maximum Gasteiger partial charge on any atom is 0.266 e. The molecule has 0 radical (unpaired) electrons. The number of benzene rings is 2. The molecule has 0 amide bonds. The number of rotatable bonds is 5. The zero-order valence-electron chi connectivity index (χ0n) is 15.6. The Hall–Kier alpha value is -2.68. The normalized spacial score (nSPS) is 14.5. The van der Waals surface area contributed by atoms with Crippen molar-refractivity contribution in [1.82, 2.24) is 9.71 Å². The van der Waals surface area contributed by atoms with E-state index in [4.69, 9.17) is 4.74 Å². The number of hydrogen-bond acceptors (Lipinski definition) is 5. The van der Waals surface area contributed by atoms with E-state index in [2.05, 4.69) is 9.71 Å². The number of sulfonamides is 1. The standard InChI is InChI=1S/C21H18N2O4S2/c1-27-17-9-8-16-19(15-10-11-28-20(15)21(24)22-16)18(17)12-2-6-14(7-3-12)29(25,26)23-13-4-5-13/h2-3,6-11,13,23H,4-5H2,1H3,(H,22,24). The Bertz CT molecular complexity index is 1400. The highest BCUT2D eigenvalue weighted by atomic mass is 32.2. The van der Waals surface area contributed by atoms with Gasteiger partial charge in [0.05, 0.1) is 12.0 Å². The molecule has 1 aliphatic carbocycles.